The highest BCUT2D eigenvalue weighted by Gasteiger charge is 2.32. The van der Waals surface area contributed by atoms with Crippen LogP contribution in [-0.4, -0.2) is 44.0 Å². The number of nitrogens with zero attached hydrogens (tertiary/aromatic N) is 3. The van der Waals surface area contributed by atoms with E-state index in [2.05, 4.69) is 16.0 Å². The molecule has 11 heteroatoms. The van der Waals surface area contributed by atoms with Crippen molar-refractivity contribution >= 4 is 15.7 Å². The molecule has 0 atom stereocenters. The van der Waals surface area contributed by atoms with Crippen molar-refractivity contribution in [2.45, 2.75) is 37.1 Å². The minimum Gasteiger partial charge on any atom is -0.406 e. The second-order valence-corrected chi connectivity index (χ2v) is 9.04. The first kappa shape index (κ1) is 23.6. The largest absolute Gasteiger partial charge is 0.573 e. The summed E-state index contributed by atoms with van der Waals surface area (Å²) in [6.07, 6.45) is -4.31. The van der Waals surface area contributed by atoms with Gasteiger partial charge in [0.05, 0.1) is 22.2 Å². The Labute approximate surface area is 183 Å². The van der Waals surface area contributed by atoms with Gasteiger partial charge in [0.1, 0.15) is 11.9 Å². The van der Waals surface area contributed by atoms with Gasteiger partial charge in [-0.3, -0.25) is 0 Å². The monoisotopic (exact) mass is 467 g/mol. The van der Waals surface area contributed by atoms with Crippen LogP contribution in [0.4, 0.5) is 13.2 Å². The number of oxime groups is 1. The lowest BCUT2D eigenvalue weighted by Crippen LogP contribution is -2.40. The van der Waals surface area contributed by atoms with Crippen LogP contribution in [-0.2, 0) is 14.9 Å². The summed E-state index contributed by atoms with van der Waals surface area (Å²) in [5.74, 6) is -0.489. The predicted molar refractivity (Wildman–Crippen MR) is 109 cm³/mol. The molecule has 1 saturated heterocycles. The van der Waals surface area contributed by atoms with E-state index in [-0.39, 0.29) is 24.1 Å². The Morgan fingerprint density at radius 1 is 1.16 bits per heavy atom. The molecule has 1 aliphatic heterocycles. The smallest absolute Gasteiger partial charge is 0.406 e. The van der Waals surface area contributed by atoms with Gasteiger partial charge in [-0.05, 0) is 43.3 Å². The van der Waals surface area contributed by atoms with Crippen molar-refractivity contribution in [3.05, 3.63) is 59.7 Å². The van der Waals surface area contributed by atoms with Crippen molar-refractivity contribution in [2.75, 3.05) is 13.1 Å². The number of alkyl halides is 3. The van der Waals surface area contributed by atoms with E-state index in [0.717, 1.165) is 29.8 Å². The minimum absolute atomic E-state index is 0.113. The highest BCUT2D eigenvalue weighted by atomic mass is 32.2. The molecule has 1 heterocycles. The zero-order valence-corrected chi connectivity index (χ0v) is 17.9. The number of sulfonamides is 1. The molecule has 0 aromatic heterocycles. The van der Waals surface area contributed by atoms with Crippen molar-refractivity contribution in [3.63, 3.8) is 0 Å². The standard InChI is InChI=1S/C21H20F3N3O4S/c1-15(17-4-2-3-16(13-17)14-25)26-31-19-9-11-27(12-10-19)32(28,29)20-7-5-18(6-8-20)30-21(22,23)24/h2-8,13,19H,9-12H2,1H3/b26-15+. The number of piperidine rings is 1. The van der Waals surface area contributed by atoms with Gasteiger partial charge >= 0.3 is 6.36 Å². The molecule has 0 N–H and O–H groups in total. The number of hydrogen-bond donors (Lipinski definition) is 0. The summed E-state index contributed by atoms with van der Waals surface area (Å²) in [5.41, 5.74) is 1.86. The third kappa shape index (κ3) is 5.99. The summed E-state index contributed by atoms with van der Waals surface area (Å²) in [7, 11) is -3.85. The van der Waals surface area contributed by atoms with E-state index in [9.17, 15) is 21.6 Å². The second kappa shape index (κ2) is 9.58. The summed E-state index contributed by atoms with van der Waals surface area (Å²) in [6, 6.07) is 13.1. The first-order valence-electron chi connectivity index (χ1n) is 9.65. The van der Waals surface area contributed by atoms with Gasteiger partial charge in [-0.2, -0.15) is 9.57 Å². The fraction of sp³-hybridized carbons (Fsp3) is 0.333. The molecule has 0 spiro atoms. The van der Waals surface area contributed by atoms with Gasteiger partial charge in [-0.1, -0.05) is 17.3 Å². The molecule has 0 aliphatic carbocycles. The van der Waals surface area contributed by atoms with Gasteiger partial charge in [0.25, 0.3) is 0 Å². The highest BCUT2D eigenvalue weighted by Crippen LogP contribution is 2.27. The van der Waals surface area contributed by atoms with E-state index in [1.54, 1.807) is 25.1 Å². The summed E-state index contributed by atoms with van der Waals surface area (Å²) < 4.78 is 67.4. The first-order valence-corrected chi connectivity index (χ1v) is 11.1. The molecule has 0 saturated carbocycles. The topological polar surface area (TPSA) is 92.0 Å². The lowest BCUT2D eigenvalue weighted by atomic mass is 10.1. The van der Waals surface area contributed by atoms with E-state index >= 15 is 0 Å². The number of benzene rings is 2. The fourth-order valence-corrected chi connectivity index (χ4v) is 4.63. The minimum atomic E-state index is -4.85. The van der Waals surface area contributed by atoms with Crippen molar-refractivity contribution in [1.29, 1.82) is 5.26 Å². The maximum absolute atomic E-state index is 12.8. The SMILES string of the molecule is C/C(=N\OC1CCN(S(=O)(=O)c2ccc(OC(F)(F)F)cc2)CC1)c1cccc(C#N)c1. The Balaban J connectivity index is 1.58. The van der Waals surface area contributed by atoms with E-state index in [0.29, 0.717) is 24.1 Å². The van der Waals surface area contributed by atoms with Crippen LogP contribution in [0.3, 0.4) is 0 Å². The number of ether oxygens (including phenoxy) is 1. The molecule has 32 heavy (non-hydrogen) atoms. The average Bonchev–Trinajstić information content (AvgIpc) is 2.77. The predicted octanol–water partition coefficient (Wildman–Crippen LogP) is 4.05. The Bertz CT molecular complexity index is 1120. The maximum atomic E-state index is 12.8. The van der Waals surface area contributed by atoms with Crippen LogP contribution in [0.15, 0.2) is 58.6 Å². The van der Waals surface area contributed by atoms with Gasteiger partial charge in [0.15, 0.2) is 0 Å². The fourth-order valence-electron chi connectivity index (χ4n) is 3.16. The molecule has 7 nitrogen and oxygen atoms in total. The molecule has 0 unspecified atom stereocenters. The molecule has 1 fully saturated rings. The van der Waals surface area contributed by atoms with Crippen molar-refractivity contribution < 1.29 is 31.2 Å². The van der Waals surface area contributed by atoms with E-state index in [4.69, 9.17) is 10.1 Å². The molecule has 0 amide bonds. The third-order valence-corrected chi connectivity index (χ3v) is 6.76. The lowest BCUT2D eigenvalue weighted by Gasteiger charge is -2.30. The second-order valence-electron chi connectivity index (χ2n) is 7.10. The summed E-state index contributed by atoms with van der Waals surface area (Å²) in [6.45, 7) is 2.13. The van der Waals surface area contributed by atoms with Crippen LogP contribution in [0.1, 0.15) is 30.9 Å². The lowest BCUT2D eigenvalue weighted by molar-refractivity contribution is -0.274. The maximum Gasteiger partial charge on any atom is 0.573 e. The molecular weight excluding hydrogens is 447 g/mol. The normalized spacial score (nSPS) is 16.4. The molecule has 2 aromatic carbocycles. The molecular formula is C21H20F3N3O4S. The molecule has 0 radical (unpaired) electrons. The van der Waals surface area contributed by atoms with Gasteiger partial charge in [-0.25, -0.2) is 8.42 Å². The third-order valence-electron chi connectivity index (χ3n) is 4.84. The first-order chi connectivity index (χ1) is 15.1. The van der Waals surface area contributed by atoms with Crippen LogP contribution >= 0.6 is 0 Å². The van der Waals surface area contributed by atoms with Gasteiger partial charge in [-0.15, -0.1) is 13.2 Å². The van der Waals surface area contributed by atoms with Gasteiger partial charge in [0.2, 0.25) is 10.0 Å². The molecule has 3 rings (SSSR count). The highest BCUT2D eigenvalue weighted by molar-refractivity contribution is 7.89. The van der Waals surface area contributed by atoms with Crippen LogP contribution < -0.4 is 4.74 Å². The Kier molecular flexibility index (Phi) is 7.06. The van der Waals surface area contributed by atoms with Crippen molar-refractivity contribution in [1.82, 2.24) is 4.31 Å². The molecule has 1 aliphatic rings. The quantitative estimate of drug-likeness (QED) is 0.472. The van der Waals surface area contributed by atoms with Gasteiger partial charge < -0.3 is 9.57 Å². The van der Waals surface area contributed by atoms with Crippen molar-refractivity contribution in [3.8, 4) is 11.8 Å². The van der Waals surface area contributed by atoms with Gasteiger partial charge in [0, 0.05) is 31.5 Å². The molecule has 0 bridgehead atoms. The summed E-state index contributed by atoms with van der Waals surface area (Å²) >= 11 is 0. The van der Waals surface area contributed by atoms with E-state index in [1.165, 1.54) is 4.31 Å². The summed E-state index contributed by atoms with van der Waals surface area (Å²) in [4.78, 5) is 5.45. The number of halogens is 3. The number of hydrogen-bond acceptors (Lipinski definition) is 6. The zero-order chi connectivity index (χ0) is 23.4. The Hall–Kier alpha value is -3.10. The number of nitriles is 1. The van der Waals surface area contributed by atoms with E-state index < -0.39 is 22.1 Å². The Morgan fingerprint density at radius 2 is 1.81 bits per heavy atom. The summed E-state index contributed by atoms with van der Waals surface area (Å²) in [5, 5.41) is 13.1. The van der Waals surface area contributed by atoms with Crippen LogP contribution in [0.2, 0.25) is 0 Å². The molecule has 170 valence electrons. The van der Waals surface area contributed by atoms with Crippen LogP contribution in [0.25, 0.3) is 0 Å². The average molecular weight is 467 g/mol. The van der Waals surface area contributed by atoms with Crippen LogP contribution in [0.5, 0.6) is 5.75 Å². The van der Waals surface area contributed by atoms with E-state index in [1.807, 2.05) is 6.07 Å². The van der Waals surface area contributed by atoms with Crippen LogP contribution in [0, 0.1) is 11.3 Å². The van der Waals surface area contributed by atoms with Crippen molar-refractivity contribution in [2.24, 2.45) is 5.16 Å². The Morgan fingerprint density at radius 3 is 2.41 bits per heavy atom. The number of rotatable bonds is 6. The zero-order valence-electron chi connectivity index (χ0n) is 17.0. The molecule has 2 aromatic rings.